The first kappa shape index (κ1) is 112. The van der Waals surface area contributed by atoms with Crippen molar-refractivity contribution < 1.29 is 90.9 Å². The summed E-state index contributed by atoms with van der Waals surface area (Å²) >= 11 is 0. The van der Waals surface area contributed by atoms with Crippen LogP contribution < -0.4 is 26.6 Å². The van der Waals surface area contributed by atoms with Crippen LogP contribution in [0.25, 0.3) is 0 Å². The van der Waals surface area contributed by atoms with E-state index in [2.05, 4.69) is 33.5 Å². The Hall–Kier alpha value is -7.71. The number of hydrogen-bond donors (Lipinski definition) is 5. The Morgan fingerprint density at radius 3 is 1.45 bits per heavy atom. The van der Waals surface area contributed by atoms with Gasteiger partial charge in [-0.2, -0.15) is 0 Å². The van der Waals surface area contributed by atoms with Crippen molar-refractivity contribution in [1.82, 2.24) is 60.9 Å². The maximum absolute atomic E-state index is 15.9. The molecule has 122 heavy (non-hydrogen) atoms. The zero-order chi connectivity index (χ0) is 93.0. The summed E-state index contributed by atoms with van der Waals surface area (Å²) in [5.74, 6) is -12.2. The molecule has 33 heteroatoms. The van der Waals surface area contributed by atoms with E-state index in [-0.39, 0.29) is 86.9 Å². The minimum Gasteiger partial charge on any atom is -0.464 e. The fourth-order valence-corrected chi connectivity index (χ4v) is 16.9. The monoisotopic (exact) mass is 1760 g/mol. The fourth-order valence-electron chi connectivity index (χ4n) is 14.6. The Balaban J connectivity index is 4.03. The average Bonchev–Trinajstić information content (AvgIpc) is 0.790. The van der Waals surface area contributed by atoms with Gasteiger partial charge in [-0.15, -0.1) is 0 Å². The van der Waals surface area contributed by atoms with E-state index in [1.807, 2.05) is 55.4 Å². The number of unbranched alkanes of at least 4 members (excludes halogenated alkanes) is 12. The van der Waals surface area contributed by atoms with Crippen LogP contribution in [0.2, 0.25) is 0 Å². The first-order valence-electron chi connectivity index (χ1n) is 44.6. The SMILES string of the molecule is CC=CC[C@@H](C)[C@@H](OC(=O)OCOC(=O)CCCSSCC(NC(=O)CCCCCCCCCCCCCCC)C(=O)OCC)[C@H]1C(=O)N[C@@H](CC)C(=O)N(C)CC(=O)N(C)[C@@H](CC(C)C)C(=O)N[C@@H](C(C)C)C(=O)N(C)[C@@H](CC(C)C)C(=O)N[C@@H](C)C(=O)N[C@H](C)C(=O)N(C)[C@@H](CC(C)C)C(=O)N(C)[C@@H](CC(C)C)C(=O)N(C)[C@@H](C(C)C)C(=O)N1C. The van der Waals surface area contributed by atoms with E-state index in [1.165, 1.54) is 167 Å². The molecule has 0 aromatic heterocycles. The van der Waals surface area contributed by atoms with Crippen LogP contribution in [-0.2, 0) is 86.1 Å². The highest BCUT2D eigenvalue weighted by molar-refractivity contribution is 8.76. The van der Waals surface area contributed by atoms with Gasteiger partial charge < -0.3 is 79.8 Å². The Morgan fingerprint density at radius 2 is 0.951 bits per heavy atom. The highest BCUT2D eigenvalue weighted by atomic mass is 33.1. The summed E-state index contributed by atoms with van der Waals surface area (Å²) < 4.78 is 22.1. The third-order valence-corrected chi connectivity index (χ3v) is 24.5. The number of carbonyl (C=O) groups is 15. The van der Waals surface area contributed by atoms with E-state index in [0.29, 0.717) is 25.0 Å². The minimum absolute atomic E-state index is 0.0563. The molecule has 700 valence electrons. The second-order valence-corrected chi connectivity index (χ2v) is 37.9. The number of hydrogen-bond acceptors (Lipinski definition) is 21. The number of rotatable bonds is 42. The Bertz CT molecular complexity index is 3330. The molecule has 12 amide bonds. The summed E-state index contributed by atoms with van der Waals surface area (Å²) in [6.07, 6.45) is 16.5. The van der Waals surface area contributed by atoms with Crippen LogP contribution in [0.5, 0.6) is 0 Å². The van der Waals surface area contributed by atoms with Gasteiger partial charge in [0.1, 0.15) is 72.6 Å². The zero-order valence-electron chi connectivity index (χ0n) is 78.9. The normalized spacial score (nSPS) is 22.4. The second-order valence-electron chi connectivity index (χ2n) is 35.3. The molecule has 1 aliphatic rings. The Kier molecular flexibility index (Phi) is 54.5. The number of nitrogens with zero attached hydrogens (tertiary/aromatic N) is 7. The predicted molar refractivity (Wildman–Crippen MR) is 478 cm³/mol. The van der Waals surface area contributed by atoms with E-state index >= 15 is 19.2 Å². The lowest BCUT2D eigenvalue weighted by Crippen LogP contribution is -2.64. The average molecular weight is 1760 g/mol. The topological polar surface area (TPSA) is 376 Å². The van der Waals surface area contributed by atoms with Crippen molar-refractivity contribution in [2.24, 2.45) is 41.4 Å². The molecule has 1 saturated heterocycles. The smallest absolute Gasteiger partial charge is 0.464 e. The lowest BCUT2D eigenvalue weighted by atomic mass is 9.91. The van der Waals surface area contributed by atoms with E-state index < -0.39 is 187 Å². The molecule has 0 aromatic rings. The van der Waals surface area contributed by atoms with Crippen molar-refractivity contribution in [3.05, 3.63) is 12.2 Å². The molecule has 0 aromatic carbocycles. The zero-order valence-corrected chi connectivity index (χ0v) is 80.6. The van der Waals surface area contributed by atoms with Crippen molar-refractivity contribution in [3.63, 3.8) is 0 Å². The molecule has 1 heterocycles. The summed E-state index contributed by atoms with van der Waals surface area (Å²) in [6, 6.07) is -14.3. The molecule has 0 bridgehead atoms. The summed E-state index contributed by atoms with van der Waals surface area (Å²) in [6.45, 7) is 31.8. The third kappa shape index (κ3) is 39.6. The number of amides is 12. The molecular formula is C89H158N12O19S2. The van der Waals surface area contributed by atoms with Gasteiger partial charge in [-0.05, 0) is 120 Å². The molecule has 0 saturated carbocycles. The number of likely N-dealkylation sites (N-methyl/N-ethyl adjacent to an activating group) is 7. The van der Waals surface area contributed by atoms with Crippen LogP contribution in [0.15, 0.2) is 12.2 Å². The first-order chi connectivity index (χ1) is 57.3. The predicted octanol–water partition coefficient (Wildman–Crippen LogP) is 10.6. The highest BCUT2D eigenvalue weighted by Crippen LogP contribution is 2.29. The van der Waals surface area contributed by atoms with Crippen LogP contribution >= 0.6 is 21.6 Å². The molecule has 0 spiro atoms. The van der Waals surface area contributed by atoms with Crippen molar-refractivity contribution in [3.8, 4) is 0 Å². The summed E-state index contributed by atoms with van der Waals surface area (Å²) in [7, 11) is 12.3. The first-order valence-corrected chi connectivity index (χ1v) is 47.1. The molecular weight excluding hydrogens is 1610 g/mol. The third-order valence-electron chi connectivity index (χ3n) is 22.0. The van der Waals surface area contributed by atoms with Gasteiger partial charge in [-0.3, -0.25) is 62.3 Å². The Labute approximate surface area is 738 Å². The molecule has 1 unspecified atom stereocenters. The lowest BCUT2D eigenvalue weighted by molar-refractivity contribution is -0.159. The van der Waals surface area contributed by atoms with Gasteiger partial charge in [0.05, 0.1) is 13.2 Å². The fraction of sp³-hybridized carbons (Fsp3) is 0.809. The van der Waals surface area contributed by atoms with Crippen molar-refractivity contribution in [2.45, 2.75) is 345 Å². The van der Waals surface area contributed by atoms with E-state index in [0.717, 1.165) is 29.1 Å². The van der Waals surface area contributed by atoms with Crippen molar-refractivity contribution in [1.29, 1.82) is 0 Å². The minimum atomic E-state index is -1.86. The molecule has 0 aliphatic carbocycles. The molecule has 1 rings (SSSR count). The molecule has 31 nitrogen and oxygen atoms in total. The van der Waals surface area contributed by atoms with Crippen LogP contribution in [0, 0.1) is 41.4 Å². The van der Waals surface area contributed by atoms with Crippen LogP contribution in [-0.4, -0.2) is 277 Å². The number of ether oxygens (including phenoxy) is 4. The summed E-state index contributed by atoms with van der Waals surface area (Å²) in [4.78, 5) is 226. The van der Waals surface area contributed by atoms with Gasteiger partial charge in [0, 0.05) is 73.7 Å². The molecule has 5 N–H and O–H groups in total. The molecule has 13 atom stereocenters. The number of nitrogens with one attached hydrogen (secondary N) is 5. The lowest BCUT2D eigenvalue weighted by Gasteiger charge is -2.42. The van der Waals surface area contributed by atoms with Gasteiger partial charge in [0.25, 0.3) is 0 Å². The number of allylic oxidation sites excluding steroid dienone is 2. The maximum atomic E-state index is 15.9. The standard InChI is InChI=1S/C89H158N12O19S2/c1-27-31-33-34-35-36-37-38-39-40-41-42-43-46-71(102)92-66(88(115)117-30-4)54-122-121-48-44-47-73(104)118-55-119-89(116)120-77(62(17)45-32-28-2)76-81(108)93-65(29-3)83(110)95(20)53-72(103)96(21)67(49-56(5)6)80(107)94-74(60(13)14)86(113)97(22)68(50-57(7)8)79(106)90-63(18)78(105)91-64(19)82(109)98(23)69(51-58(9)10)84(111)99(24)70(52-59(11)12)85(112)100(25)75(61(15)16)87(114)101(76)26/h28,32,56-70,74-77H,27,29-31,33-55H2,1-26H3,(H,90,106)(H,91,105)(H,92,102)(H,93,108)(H,94,107)/t62-,63+,64-,65+,66?,67+,68+,69+,70+,74+,75+,76+,77-/m1/s1. The van der Waals surface area contributed by atoms with E-state index in [1.54, 1.807) is 67.5 Å². The van der Waals surface area contributed by atoms with Gasteiger partial charge in [0.15, 0.2) is 0 Å². The maximum Gasteiger partial charge on any atom is 0.511 e. The van der Waals surface area contributed by atoms with Gasteiger partial charge in [0.2, 0.25) is 77.7 Å². The van der Waals surface area contributed by atoms with Gasteiger partial charge in [-0.1, -0.05) is 215 Å². The summed E-state index contributed by atoms with van der Waals surface area (Å²) in [5, 5.41) is 13.8. The van der Waals surface area contributed by atoms with Gasteiger partial charge in [-0.25, -0.2) is 9.59 Å². The van der Waals surface area contributed by atoms with Crippen LogP contribution in [0.1, 0.15) is 273 Å². The van der Waals surface area contributed by atoms with Gasteiger partial charge >= 0.3 is 18.1 Å². The quantitative estimate of drug-likeness (QED) is 0.00946. The van der Waals surface area contributed by atoms with Crippen LogP contribution in [0.4, 0.5) is 4.79 Å². The molecule has 0 radical (unpaired) electrons. The van der Waals surface area contributed by atoms with E-state index in [9.17, 15) is 52.7 Å². The Morgan fingerprint density at radius 1 is 0.475 bits per heavy atom. The highest BCUT2D eigenvalue weighted by Gasteiger charge is 2.48. The van der Waals surface area contributed by atoms with Crippen molar-refractivity contribution in [2.75, 3.05) is 80.8 Å². The largest absolute Gasteiger partial charge is 0.511 e. The number of carbonyl (C=O) groups excluding carboxylic acids is 15. The van der Waals surface area contributed by atoms with Crippen LogP contribution in [0.3, 0.4) is 0 Å². The second kappa shape index (κ2) is 59.2. The number of esters is 2. The summed E-state index contributed by atoms with van der Waals surface area (Å²) in [5.41, 5.74) is 0. The van der Waals surface area contributed by atoms with E-state index in [4.69, 9.17) is 18.9 Å². The molecule has 1 aliphatic heterocycles. The molecule has 1 fully saturated rings. The van der Waals surface area contributed by atoms with Crippen molar-refractivity contribution >= 4 is 111 Å².